The average molecular weight is 246 g/mol. The van der Waals surface area contributed by atoms with Gasteiger partial charge in [0.2, 0.25) is 6.41 Å². The van der Waals surface area contributed by atoms with E-state index < -0.39 is 0 Å². The maximum absolute atomic E-state index is 10.7. The summed E-state index contributed by atoms with van der Waals surface area (Å²) in [5.74, 6) is 0. The Morgan fingerprint density at radius 3 is 2.12 bits per heavy atom. The van der Waals surface area contributed by atoms with Crippen molar-refractivity contribution in [3.05, 3.63) is 70.7 Å². The van der Waals surface area contributed by atoms with E-state index in [1.807, 2.05) is 54.6 Å². The van der Waals surface area contributed by atoms with E-state index in [0.29, 0.717) is 11.4 Å². The molecule has 0 bridgehead atoms. The summed E-state index contributed by atoms with van der Waals surface area (Å²) < 4.78 is 0. The van der Waals surface area contributed by atoms with Crippen LogP contribution in [-0.2, 0) is 4.79 Å². The van der Waals surface area contributed by atoms with Gasteiger partial charge in [0.25, 0.3) is 0 Å². The average Bonchev–Trinajstić information content (AvgIpc) is 2.38. The van der Waals surface area contributed by atoms with Gasteiger partial charge < -0.3 is 5.32 Å². The van der Waals surface area contributed by atoms with Gasteiger partial charge in [-0.25, -0.2) is 0 Å². The van der Waals surface area contributed by atoms with Crippen molar-refractivity contribution in [3.63, 3.8) is 0 Å². The van der Waals surface area contributed by atoms with Crippen molar-refractivity contribution in [3.8, 4) is 0 Å². The molecule has 0 heterocycles. The van der Waals surface area contributed by atoms with E-state index in [2.05, 4.69) is 5.32 Å². The van der Waals surface area contributed by atoms with Crippen LogP contribution in [0.15, 0.2) is 54.6 Å². The molecule has 2 aromatic carbocycles. The Hall–Kier alpha value is -1.80. The van der Waals surface area contributed by atoms with Crippen molar-refractivity contribution in [2.75, 3.05) is 0 Å². The summed E-state index contributed by atoms with van der Waals surface area (Å²) in [6.07, 6.45) is 0.715. The highest BCUT2D eigenvalue weighted by atomic mass is 35.5. The van der Waals surface area contributed by atoms with Crippen LogP contribution in [0.3, 0.4) is 0 Å². The molecule has 1 atom stereocenters. The fourth-order valence-corrected chi connectivity index (χ4v) is 1.88. The summed E-state index contributed by atoms with van der Waals surface area (Å²) in [7, 11) is 0. The van der Waals surface area contributed by atoms with Crippen LogP contribution in [-0.4, -0.2) is 6.41 Å². The van der Waals surface area contributed by atoms with Gasteiger partial charge in [-0.1, -0.05) is 54.1 Å². The number of hydrogen-bond donors (Lipinski definition) is 1. The highest BCUT2D eigenvalue weighted by Gasteiger charge is 2.12. The molecule has 0 radical (unpaired) electrons. The van der Waals surface area contributed by atoms with Crippen LogP contribution in [0.5, 0.6) is 0 Å². The molecule has 0 saturated heterocycles. The molecule has 3 heteroatoms. The van der Waals surface area contributed by atoms with Crippen LogP contribution < -0.4 is 5.32 Å². The minimum absolute atomic E-state index is 0.133. The third-order valence-electron chi connectivity index (χ3n) is 2.57. The topological polar surface area (TPSA) is 29.1 Å². The minimum atomic E-state index is -0.133. The lowest BCUT2D eigenvalue weighted by Crippen LogP contribution is -2.20. The Morgan fingerprint density at radius 2 is 1.53 bits per heavy atom. The van der Waals surface area contributed by atoms with Gasteiger partial charge in [-0.2, -0.15) is 0 Å². The lowest BCUT2D eigenvalue weighted by molar-refractivity contribution is -0.110. The number of amides is 1. The number of benzene rings is 2. The molecule has 17 heavy (non-hydrogen) atoms. The Kier molecular flexibility index (Phi) is 3.78. The van der Waals surface area contributed by atoms with E-state index in [0.717, 1.165) is 11.1 Å². The fraction of sp³-hybridized carbons (Fsp3) is 0.0714. The maximum Gasteiger partial charge on any atom is 0.207 e. The van der Waals surface area contributed by atoms with E-state index in [9.17, 15) is 4.79 Å². The van der Waals surface area contributed by atoms with Gasteiger partial charge in [0, 0.05) is 5.02 Å². The first kappa shape index (κ1) is 11.7. The molecule has 86 valence electrons. The molecule has 1 amide bonds. The molecule has 0 aliphatic heterocycles. The number of halogens is 1. The summed E-state index contributed by atoms with van der Waals surface area (Å²) in [6.45, 7) is 0. The van der Waals surface area contributed by atoms with Crippen molar-refractivity contribution in [1.29, 1.82) is 0 Å². The van der Waals surface area contributed by atoms with Crippen LogP contribution in [0.4, 0.5) is 0 Å². The highest BCUT2D eigenvalue weighted by molar-refractivity contribution is 6.30. The lowest BCUT2D eigenvalue weighted by atomic mass is 9.99. The second-order valence-electron chi connectivity index (χ2n) is 3.68. The van der Waals surface area contributed by atoms with E-state index in [-0.39, 0.29) is 6.04 Å². The third kappa shape index (κ3) is 2.86. The van der Waals surface area contributed by atoms with Crippen molar-refractivity contribution < 1.29 is 4.79 Å². The van der Waals surface area contributed by atoms with E-state index >= 15 is 0 Å². The smallest absolute Gasteiger partial charge is 0.207 e. The molecule has 0 aliphatic carbocycles. The molecular weight excluding hydrogens is 234 g/mol. The molecule has 2 rings (SSSR count). The molecule has 0 saturated carbocycles. The van der Waals surface area contributed by atoms with Crippen LogP contribution >= 0.6 is 11.6 Å². The zero-order chi connectivity index (χ0) is 12.1. The summed E-state index contributed by atoms with van der Waals surface area (Å²) in [6, 6.07) is 17.1. The van der Waals surface area contributed by atoms with Crippen molar-refractivity contribution in [2.24, 2.45) is 0 Å². The van der Waals surface area contributed by atoms with Gasteiger partial charge in [-0.3, -0.25) is 4.79 Å². The van der Waals surface area contributed by atoms with Crippen LogP contribution in [0.25, 0.3) is 0 Å². The van der Waals surface area contributed by atoms with E-state index in [4.69, 9.17) is 11.6 Å². The third-order valence-corrected chi connectivity index (χ3v) is 2.82. The zero-order valence-corrected chi connectivity index (χ0v) is 9.89. The summed E-state index contributed by atoms with van der Waals surface area (Å²) >= 11 is 5.85. The number of nitrogens with one attached hydrogen (secondary N) is 1. The second-order valence-corrected chi connectivity index (χ2v) is 4.12. The lowest BCUT2D eigenvalue weighted by Gasteiger charge is -2.17. The summed E-state index contributed by atoms with van der Waals surface area (Å²) in [4.78, 5) is 10.7. The normalized spacial score (nSPS) is 11.8. The number of carbonyl (C=O) groups is 1. The van der Waals surface area contributed by atoms with E-state index in [1.54, 1.807) is 0 Å². The summed E-state index contributed by atoms with van der Waals surface area (Å²) in [5, 5.41) is 3.50. The van der Waals surface area contributed by atoms with E-state index in [1.165, 1.54) is 0 Å². The SMILES string of the molecule is O=CN[C@@H](c1ccccc1)c1ccc(Cl)cc1. The number of carbonyl (C=O) groups excluding carboxylic acids is 1. The number of hydrogen-bond acceptors (Lipinski definition) is 1. The molecule has 0 aromatic heterocycles. The van der Waals surface area contributed by atoms with Crippen LogP contribution in [0.2, 0.25) is 5.02 Å². The molecule has 0 aliphatic rings. The largest absolute Gasteiger partial charge is 0.348 e. The molecule has 0 fully saturated rings. The van der Waals surface area contributed by atoms with Gasteiger partial charge in [0.1, 0.15) is 0 Å². The van der Waals surface area contributed by atoms with Gasteiger partial charge in [0.15, 0.2) is 0 Å². The second kappa shape index (κ2) is 5.51. The quantitative estimate of drug-likeness (QED) is 0.824. The Bertz CT molecular complexity index is 481. The first-order valence-electron chi connectivity index (χ1n) is 5.31. The van der Waals surface area contributed by atoms with Gasteiger partial charge in [-0.15, -0.1) is 0 Å². The first-order chi connectivity index (χ1) is 8.31. The first-order valence-corrected chi connectivity index (χ1v) is 5.69. The van der Waals surface area contributed by atoms with Gasteiger partial charge in [0.05, 0.1) is 6.04 Å². The highest BCUT2D eigenvalue weighted by Crippen LogP contribution is 2.22. The Labute approximate surface area is 105 Å². The Morgan fingerprint density at radius 1 is 0.941 bits per heavy atom. The minimum Gasteiger partial charge on any atom is -0.348 e. The molecule has 1 N–H and O–H groups in total. The standard InChI is InChI=1S/C14H12ClNO/c15-13-8-6-12(7-9-13)14(16-10-17)11-4-2-1-3-5-11/h1-10,14H,(H,16,17)/t14-/m0/s1. The fourth-order valence-electron chi connectivity index (χ4n) is 1.75. The summed E-state index contributed by atoms with van der Waals surface area (Å²) in [5.41, 5.74) is 2.05. The van der Waals surface area contributed by atoms with Crippen LogP contribution in [0, 0.1) is 0 Å². The molecule has 0 spiro atoms. The van der Waals surface area contributed by atoms with Crippen molar-refractivity contribution in [2.45, 2.75) is 6.04 Å². The monoisotopic (exact) mass is 245 g/mol. The van der Waals surface area contributed by atoms with Crippen molar-refractivity contribution >= 4 is 18.0 Å². The zero-order valence-electron chi connectivity index (χ0n) is 9.14. The Balaban J connectivity index is 2.35. The van der Waals surface area contributed by atoms with Crippen molar-refractivity contribution in [1.82, 2.24) is 5.32 Å². The van der Waals surface area contributed by atoms with Gasteiger partial charge in [-0.05, 0) is 23.3 Å². The molecule has 2 nitrogen and oxygen atoms in total. The molecule has 0 unspecified atom stereocenters. The molecular formula is C14H12ClNO. The predicted molar refractivity (Wildman–Crippen MR) is 68.9 cm³/mol. The van der Waals surface area contributed by atoms with Gasteiger partial charge >= 0.3 is 0 Å². The maximum atomic E-state index is 10.7. The molecule has 2 aromatic rings. The predicted octanol–water partition coefficient (Wildman–Crippen LogP) is 3.18. The van der Waals surface area contributed by atoms with Crippen LogP contribution in [0.1, 0.15) is 17.2 Å². The number of rotatable bonds is 4.